The van der Waals surface area contributed by atoms with Gasteiger partial charge in [-0.25, -0.2) is 0 Å². The van der Waals surface area contributed by atoms with Crippen LogP contribution in [0.25, 0.3) is 0 Å². The van der Waals surface area contributed by atoms with Gasteiger partial charge in [-0.1, -0.05) is 67.0 Å². The molecule has 4 rings (SSSR count). The maximum Gasteiger partial charge on any atom is 0.201 e. The molecule has 0 aromatic rings. The fourth-order valence-electron chi connectivity index (χ4n) is 9.23. The number of fused-ring (bicyclic) bond motifs is 5. The molecule has 6 atom stereocenters. The minimum Gasteiger partial charge on any atom is -0.410 e. The fraction of sp³-hybridized carbons (Fsp3) is 0.893. The van der Waals surface area contributed by atoms with Gasteiger partial charge in [0.05, 0.1) is 6.10 Å². The van der Waals surface area contributed by atoms with Gasteiger partial charge in [0.25, 0.3) is 0 Å². The second kappa shape index (κ2) is 8.11. The van der Waals surface area contributed by atoms with E-state index in [1.807, 2.05) is 0 Å². The normalized spacial score (nSPS) is 40.7. The van der Waals surface area contributed by atoms with Crippen molar-refractivity contribution in [1.82, 2.24) is 0 Å². The molecule has 4 aliphatic rings. The maximum absolute atomic E-state index is 12.7. The third kappa shape index (κ3) is 3.47. The Bertz CT molecular complexity index is 716. The molecule has 0 heterocycles. The van der Waals surface area contributed by atoms with Crippen molar-refractivity contribution >= 4 is 14.1 Å². The Morgan fingerprint density at radius 3 is 2.03 bits per heavy atom. The van der Waals surface area contributed by atoms with E-state index in [4.69, 9.17) is 4.43 Å². The first-order valence-electron chi connectivity index (χ1n) is 13.4. The summed E-state index contributed by atoms with van der Waals surface area (Å²) in [6, 6.07) is 0. The maximum atomic E-state index is 12.7. The number of carbonyl (C=O) groups is 1. The smallest absolute Gasteiger partial charge is 0.201 e. The molecule has 176 valence electrons. The van der Waals surface area contributed by atoms with Gasteiger partial charge >= 0.3 is 0 Å². The van der Waals surface area contributed by atoms with E-state index in [-0.39, 0.29) is 5.41 Å². The lowest BCUT2D eigenvalue weighted by atomic mass is 9.47. The zero-order valence-electron chi connectivity index (χ0n) is 21.6. The number of hydrogen-bond acceptors (Lipinski definition) is 2. The number of allylic oxidation sites excluding steroid dienone is 1. The summed E-state index contributed by atoms with van der Waals surface area (Å²) in [5.74, 6) is 2.76. The van der Waals surface area contributed by atoms with Gasteiger partial charge in [0.2, 0.25) is 8.32 Å². The number of Topliss-reactive ketones (excluding diaryl/α,β-unsaturated/α-hetero) is 1. The van der Waals surface area contributed by atoms with Crippen molar-refractivity contribution in [1.29, 1.82) is 0 Å². The van der Waals surface area contributed by atoms with Crippen LogP contribution >= 0.6 is 0 Å². The summed E-state index contributed by atoms with van der Waals surface area (Å²) < 4.78 is 7.21. The van der Waals surface area contributed by atoms with Gasteiger partial charge in [-0.15, -0.1) is 0 Å². The first-order valence-corrected chi connectivity index (χ1v) is 15.5. The molecule has 31 heavy (non-hydrogen) atoms. The molecule has 0 aromatic carbocycles. The average molecular weight is 445 g/mol. The van der Waals surface area contributed by atoms with Gasteiger partial charge in [-0.3, -0.25) is 4.79 Å². The van der Waals surface area contributed by atoms with E-state index >= 15 is 0 Å². The Hall–Kier alpha value is -0.413. The largest absolute Gasteiger partial charge is 0.410 e. The molecule has 0 spiro atoms. The molecule has 3 saturated carbocycles. The van der Waals surface area contributed by atoms with Crippen LogP contribution in [0.15, 0.2) is 11.6 Å². The topological polar surface area (TPSA) is 26.3 Å². The van der Waals surface area contributed by atoms with Crippen LogP contribution in [0.1, 0.15) is 107 Å². The molecule has 3 heteroatoms. The Kier molecular flexibility index (Phi) is 6.21. The zero-order chi connectivity index (χ0) is 22.8. The average Bonchev–Trinajstić information content (AvgIpc) is 3.00. The number of rotatable bonds is 5. The first-order chi connectivity index (χ1) is 14.5. The van der Waals surface area contributed by atoms with Crippen molar-refractivity contribution in [3.63, 3.8) is 0 Å². The van der Waals surface area contributed by atoms with E-state index in [1.54, 1.807) is 5.57 Å². The highest BCUT2D eigenvalue weighted by Gasteiger charge is 2.59. The van der Waals surface area contributed by atoms with Gasteiger partial charge in [-0.05, 0) is 84.7 Å². The monoisotopic (exact) mass is 444 g/mol. The third-order valence-electron chi connectivity index (χ3n) is 10.8. The van der Waals surface area contributed by atoms with Crippen molar-refractivity contribution in [2.24, 2.45) is 28.6 Å². The highest BCUT2D eigenvalue weighted by atomic mass is 28.4. The highest BCUT2D eigenvalue weighted by molar-refractivity contribution is 6.77. The lowest BCUT2D eigenvalue weighted by Crippen LogP contribution is -2.53. The van der Waals surface area contributed by atoms with Crippen LogP contribution in [0, 0.1) is 28.6 Å². The Morgan fingerprint density at radius 2 is 1.42 bits per heavy atom. The van der Waals surface area contributed by atoms with E-state index in [0.717, 1.165) is 31.1 Å². The standard InChI is InChI=1S/C28H48O2Si/c1-18(2)31(19(3)4,20(5)6)30-22-13-15-27(7)21(17-22)9-10-23-24-11-12-26(29)28(24,8)16-14-25(23)27/h17-20,22-25H,9-16H2,1-8H3/t22?,23-,24-,25-,27-,28-/m0/s1. The van der Waals surface area contributed by atoms with Crippen LogP contribution in [0.3, 0.4) is 0 Å². The van der Waals surface area contributed by atoms with Gasteiger partial charge in [0.1, 0.15) is 5.78 Å². The zero-order valence-corrected chi connectivity index (χ0v) is 22.6. The molecular formula is C28H48O2Si. The Morgan fingerprint density at radius 1 is 0.839 bits per heavy atom. The van der Waals surface area contributed by atoms with Gasteiger partial charge < -0.3 is 4.43 Å². The number of carbonyl (C=O) groups excluding carboxylic acids is 1. The second-order valence-corrected chi connectivity index (χ2v) is 18.4. The van der Waals surface area contributed by atoms with Crippen LogP contribution in [0.2, 0.25) is 16.6 Å². The minimum atomic E-state index is -1.85. The molecule has 1 unspecified atom stereocenters. The lowest BCUT2D eigenvalue weighted by Gasteiger charge is -2.58. The summed E-state index contributed by atoms with van der Waals surface area (Å²) in [4.78, 5) is 12.7. The number of ketones is 1. The lowest BCUT2D eigenvalue weighted by molar-refractivity contribution is -0.132. The molecule has 0 bridgehead atoms. The van der Waals surface area contributed by atoms with Crippen LogP contribution in [-0.2, 0) is 9.22 Å². The minimum absolute atomic E-state index is 0.00392. The molecule has 0 N–H and O–H groups in total. The van der Waals surface area contributed by atoms with Gasteiger partial charge in [-0.2, -0.15) is 0 Å². The predicted octanol–water partition coefficient (Wildman–Crippen LogP) is 8.08. The van der Waals surface area contributed by atoms with Crippen molar-refractivity contribution in [3.8, 4) is 0 Å². The highest BCUT2D eigenvalue weighted by Crippen LogP contribution is 2.64. The number of hydrogen-bond donors (Lipinski definition) is 0. The van der Waals surface area contributed by atoms with E-state index in [1.165, 1.54) is 32.1 Å². The summed E-state index contributed by atoms with van der Waals surface area (Å²) in [5, 5.41) is 0. The third-order valence-corrected chi connectivity index (χ3v) is 17.0. The Balaban J connectivity index is 1.58. The summed E-state index contributed by atoms with van der Waals surface area (Å²) in [6.07, 6.45) is 12.3. The molecule has 4 aliphatic carbocycles. The molecule has 0 aliphatic heterocycles. The van der Waals surface area contributed by atoms with Crippen LogP contribution in [0.4, 0.5) is 0 Å². The van der Waals surface area contributed by atoms with Crippen molar-refractivity contribution in [3.05, 3.63) is 11.6 Å². The molecule has 0 radical (unpaired) electrons. The molecule has 0 amide bonds. The van der Waals surface area contributed by atoms with Gasteiger partial charge in [0, 0.05) is 11.8 Å². The molecule has 0 aromatic heterocycles. The van der Waals surface area contributed by atoms with E-state index in [0.29, 0.717) is 39.8 Å². The summed E-state index contributed by atoms with van der Waals surface area (Å²) in [6.45, 7) is 19.3. The quantitative estimate of drug-likeness (QED) is 0.316. The molecule has 0 saturated heterocycles. The van der Waals surface area contributed by atoms with Crippen molar-refractivity contribution in [2.75, 3.05) is 0 Å². The van der Waals surface area contributed by atoms with Gasteiger partial charge in [0.15, 0.2) is 0 Å². The van der Waals surface area contributed by atoms with E-state index in [2.05, 4.69) is 61.5 Å². The van der Waals surface area contributed by atoms with E-state index < -0.39 is 8.32 Å². The van der Waals surface area contributed by atoms with Crippen LogP contribution in [-0.4, -0.2) is 20.2 Å². The second-order valence-electron chi connectivity index (χ2n) is 13.0. The molecular weight excluding hydrogens is 396 g/mol. The van der Waals surface area contributed by atoms with Crippen molar-refractivity contribution in [2.45, 2.75) is 129 Å². The van der Waals surface area contributed by atoms with Crippen molar-refractivity contribution < 1.29 is 9.22 Å². The molecule has 2 nitrogen and oxygen atoms in total. The SMILES string of the molecule is CC(C)[Si](OC1C=C2CC[C@@H]3[C@H](CC[C@]4(C)C(=O)CC[C@@H]34)[C@@]2(C)CC1)(C(C)C)C(C)C. The summed E-state index contributed by atoms with van der Waals surface area (Å²) in [7, 11) is -1.85. The molecule has 3 fully saturated rings. The predicted molar refractivity (Wildman–Crippen MR) is 133 cm³/mol. The summed E-state index contributed by atoms with van der Waals surface area (Å²) in [5.41, 5.74) is 3.98. The Labute approximate surface area is 193 Å². The van der Waals surface area contributed by atoms with Crippen LogP contribution in [0.5, 0.6) is 0 Å². The van der Waals surface area contributed by atoms with Crippen LogP contribution < -0.4 is 0 Å². The van der Waals surface area contributed by atoms with E-state index in [9.17, 15) is 4.79 Å². The summed E-state index contributed by atoms with van der Waals surface area (Å²) >= 11 is 0. The first kappa shape index (κ1) is 23.7. The fourth-order valence-corrected chi connectivity index (χ4v) is 14.8.